The second-order valence-corrected chi connectivity index (χ2v) is 7.31. The van der Waals surface area contributed by atoms with Crippen molar-refractivity contribution >= 4 is 17.7 Å². The van der Waals surface area contributed by atoms with E-state index < -0.39 is 5.54 Å². The van der Waals surface area contributed by atoms with Crippen molar-refractivity contribution in [3.8, 4) is 0 Å². The SMILES string of the molecule is CC(C)NC(C)(CCCCSCC1CCCO1)C(N)=O. The van der Waals surface area contributed by atoms with Crippen molar-refractivity contribution in [3.63, 3.8) is 0 Å². The molecule has 1 aliphatic rings. The van der Waals surface area contributed by atoms with Crippen molar-refractivity contribution in [2.75, 3.05) is 18.1 Å². The molecule has 20 heavy (non-hydrogen) atoms. The van der Waals surface area contributed by atoms with E-state index in [-0.39, 0.29) is 11.9 Å². The lowest BCUT2D eigenvalue weighted by Crippen LogP contribution is -2.55. The molecule has 0 saturated carbocycles. The number of hydrogen-bond acceptors (Lipinski definition) is 4. The predicted molar refractivity (Wildman–Crippen MR) is 86.0 cm³/mol. The first kappa shape index (κ1) is 17.8. The first-order chi connectivity index (χ1) is 9.44. The lowest BCUT2D eigenvalue weighted by atomic mass is 9.93. The molecule has 0 radical (unpaired) electrons. The van der Waals surface area contributed by atoms with Crippen molar-refractivity contribution in [2.45, 2.75) is 70.6 Å². The van der Waals surface area contributed by atoms with Crippen molar-refractivity contribution in [1.82, 2.24) is 5.32 Å². The maximum absolute atomic E-state index is 11.6. The number of amides is 1. The van der Waals surface area contributed by atoms with E-state index in [1.807, 2.05) is 32.5 Å². The van der Waals surface area contributed by atoms with Gasteiger partial charge in [-0.15, -0.1) is 0 Å². The topological polar surface area (TPSA) is 64.3 Å². The Bertz CT molecular complexity index is 294. The van der Waals surface area contributed by atoms with Crippen LogP contribution in [0.4, 0.5) is 0 Å². The molecule has 2 unspecified atom stereocenters. The van der Waals surface area contributed by atoms with Crippen LogP contribution in [0, 0.1) is 0 Å². The molecule has 0 aromatic rings. The highest BCUT2D eigenvalue weighted by Gasteiger charge is 2.30. The zero-order valence-electron chi connectivity index (χ0n) is 13.1. The normalized spacial score (nSPS) is 22.1. The second-order valence-electron chi connectivity index (χ2n) is 6.16. The minimum Gasteiger partial charge on any atom is -0.377 e. The maximum atomic E-state index is 11.6. The van der Waals surface area contributed by atoms with Gasteiger partial charge in [-0.25, -0.2) is 0 Å². The monoisotopic (exact) mass is 302 g/mol. The summed E-state index contributed by atoms with van der Waals surface area (Å²) in [5.74, 6) is 1.99. The lowest BCUT2D eigenvalue weighted by molar-refractivity contribution is -0.124. The van der Waals surface area contributed by atoms with Gasteiger partial charge >= 0.3 is 0 Å². The quantitative estimate of drug-likeness (QED) is 0.608. The van der Waals surface area contributed by atoms with Gasteiger partial charge in [0.05, 0.1) is 11.6 Å². The van der Waals surface area contributed by atoms with Gasteiger partial charge in [0.15, 0.2) is 0 Å². The summed E-state index contributed by atoms with van der Waals surface area (Å²) in [6.45, 7) is 6.93. The summed E-state index contributed by atoms with van der Waals surface area (Å²) >= 11 is 1.96. The van der Waals surface area contributed by atoms with Crippen molar-refractivity contribution in [1.29, 1.82) is 0 Å². The average molecular weight is 302 g/mol. The number of unbranched alkanes of at least 4 members (excludes halogenated alkanes) is 1. The molecule has 1 rings (SSSR count). The number of carbonyl (C=O) groups is 1. The summed E-state index contributed by atoms with van der Waals surface area (Å²) in [6, 6.07) is 0.265. The smallest absolute Gasteiger partial charge is 0.237 e. The molecule has 0 aromatic heterocycles. The number of rotatable bonds is 10. The molecule has 1 fully saturated rings. The summed E-state index contributed by atoms with van der Waals surface area (Å²) in [4.78, 5) is 11.6. The third kappa shape index (κ3) is 6.46. The number of ether oxygens (including phenoxy) is 1. The first-order valence-electron chi connectivity index (χ1n) is 7.71. The maximum Gasteiger partial charge on any atom is 0.237 e. The van der Waals surface area contributed by atoms with Crippen LogP contribution in [0.5, 0.6) is 0 Å². The molecule has 1 heterocycles. The van der Waals surface area contributed by atoms with Crippen molar-refractivity contribution in [2.24, 2.45) is 5.73 Å². The Kier molecular flexibility index (Phi) is 7.92. The standard InChI is InChI=1S/C15H30N2O2S/c1-12(2)17-15(3,14(16)18)8-4-5-10-20-11-13-7-6-9-19-13/h12-13,17H,4-11H2,1-3H3,(H2,16,18). The highest BCUT2D eigenvalue weighted by Crippen LogP contribution is 2.20. The molecule has 3 N–H and O–H groups in total. The van der Waals surface area contributed by atoms with Gasteiger partial charge in [-0.1, -0.05) is 6.42 Å². The van der Waals surface area contributed by atoms with Crippen LogP contribution in [0.2, 0.25) is 0 Å². The van der Waals surface area contributed by atoms with Gasteiger partial charge in [0.2, 0.25) is 5.91 Å². The van der Waals surface area contributed by atoms with Gasteiger partial charge in [-0.05, 0) is 52.2 Å². The highest BCUT2D eigenvalue weighted by atomic mass is 32.2. The number of thioether (sulfide) groups is 1. The number of hydrogen-bond donors (Lipinski definition) is 2. The molecular formula is C15H30N2O2S. The van der Waals surface area contributed by atoms with Crippen LogP contribution in [-0.2, 0) is 9.53 Å². The predicted octanol–water partition coefficient (Wildman–Crippen LogP) is 2.31. The Hall–Kier alpha value is -0.260. The summed E-state index contributed by atoms with van der Waals surface area (Å²) < 4.78 is 5.60. The Morgan fingerprint density at radius 2 is 2.25 bits per heavy atom. The highest BCUT2D eigenvalue weighted by molar-refractivity contribution is 7.99. The minimum atomic E-state index is -0.576. The van der Waals surface area contributed by atoms with E-state index in [2.05, 4.69) is 5.32 Å². The van der Waals surface area contributed by atoms with Gasteiger partial charge in [-0.3, -0.25) is 4.79 Å². The summed E-state index contributed by atoms with van der Waals surface area (Å²) in [6.07, 6.45) is 5.85. The van der Waals surface area contributed by atoms with Crippen LogP contribution in [0.3, 0.4) is 0 Å². The van der Waals surface area contributed by atoms with Gasteiger partial charge in [0.25, 0.3) is 0 Å². The van der Waals surface area contributed by atoms with E-state index in [1.54, 1.807) is 0 Å². The molecule has 0 aromatic carbocycles. The fourth-order valence-electron chi connectivity index (χ4n) is 2.58. The molecule has 1 aliphatic heterocycles. The Balaban J connectivity index is 2.12. The first-order valence-corrected chi connectivity index (χ1v) is 8.86. The van der Waals surface area contributed by atoms with Crippen LogP contribution < -0.4 is 11.1 Å². The largest absolute Gasteiger partial charge is 0.377 e. The molecule has 2 atom stereocenters. The van der Waals surface area contributed by atoms with E-state index in [1.165, 1.54) is 12.8 Å². The van der Waals surface area contributed by atoms with E-state index in [4.69, 9.17) is 10.5 Å². The Morgan fingerprint density at radius 3 is 2.80 bits per heavy atom. The molecule has 4 nitrogen and oxygen atoms in total. The fraction of sp³-hybridized carbons (Fsp3) is 0.933. The number of nitrogens with one attached hydrogen (secondary N) is 1. The molecule has 0 spiro atoms. The summed E-state index contributed by atoms with van der Waals surface area (Å²) in [5.41, 5.74) is 4.94. The van der Waals surface area contributed by atoms with Crippen LogP contribution in [-0.4, -0.2) is 41.7 Å². The Labute approximate surface area is 127 Å². The summed E-state index contributed by atoms with van der Waals surface area (Å²) in [5, 5.41) is 3.29. The average Bonchev–Trinajstić information content (AvgIpc) is 2.85. The van der Waals surface area contributed by atoms with Crippen LogP contribution in [0.25, 0.3) is 0 Å². The molecule has 0 bridgehead atoms. The van der Waals surface area contributed by atoms with Crippen LogP contribution in [0.15, 0.2) is 0 Å². The van der Waals surface area contributed by atoms with E-state index >= 15 is 0 Å². The fourth-order valence-corrected chi connectivity index (χ4v) is 3.68. The summed E-state index contributed by atoms with van der Waals surface area (Å²) in [7, 11) is 0. The minimum absolute atomic E-state index is 0.252. The molecule has 0 aliphatic carbocycles. The zero-order chi connectivity index (χ0) is 15.0. The molecule has 1 amide bonds. The van der Waals surface area contributed by atoms with Gasteiger partial charge in [-0.2, -0.15) is 11.8 Å². The van der Waals surface area contributed by atoms with Crippen molar-refractivity contribution < 1.29 is 9.53 Å². The van der Waals surface area contributed by atoms with Crippen LogP contribution in [0.1, 0.15) is 52.9 Å². The van der Waals surface area contributed by atoms with Gasteiger partial charge in [0, 0.05) is 18.4 Å². The molecular weight excluding hydrogens is 272 g/mol. The van der Waals surface area contributed by atoms with Gasteiger partial charge < -0.3 is 15.8 Å². The number of carbonyl (C=O) groups excluding carboxylic acids is 1. The second kappa shape index (κ2) is 8.90. The van der Waals surface area contributed by atoms with E-state index in [0.717, 1.165) is 37.4 Å². The zero-order valence-corrected chi connectivity index (χ0v) is 13.9. The van der Waals surface area contributed by atoms with E-state index in [0.29, 0.717) is 6.10 Å². The van der Waals surface area contributed by atoms with Crippen molar-refractivity contribution in [3.05, 3.63) is 0 Å². The molecule has 1 saturated heterocycles. The number of primary amides is 1. The van der Waals surface area contributed by atoms with Gasteiger partial charge in [0.1, 0.15) is 0 Å². The third-order valence-corrected chi connectivity index (χ3v) is 4.88. The molecule has 5 heteroatoms. The Morgan fingerprint density at radius 1 is 1.50 bits per heavy atom. The lowest BCUT2D eigenvalue weighted by Gasteiger charge is -2.29. The number of nitrogens with two attached hydrogens (primary N) is 1. The third-order valence-electron chi connectivity index (χ3n) is 3.69. The van der Waals surface area contributed by atoms with E-state index in [9.17, 15) is 4.79 Å². The van der Waals surface area contributed by atoms with Crippen LogP contribution >= 0.6 is 11.8 Å². The molecule has 118 valence electrons.